The van der Waals surface area contributed by atoms with Gasteiger partial charge in [0, 0.05) is 24.4 Å². The molecule has 0 unspecified atom stereocenters. The van der Waals surface area contributed by atoms with Crippen molar-refractivity contribution in [3.05, 3.63) is 70.5 Å². The first-order valence-corrected chi connectivity index (χ1v) is 9.00. The summed E-state index contributed by atoms with van der Waals surface area (Å²) >= 11 is 6.11. The van der Waals surface area contributed by atoms with E-state index in [4.69, 9.17) is 16.3 Å². The van der Waals surface area contributed by atoms with Crippen molar-refractivity contribution in [2.24, 2.45) is 0 Å². The van der Waals surface area contributed by atoms with Crippen LogP contribution in [0, 0.1) is 0 Å². The van der Waals surface area contributed by atoms with Crippen molar-refractivity contribution in [3.63, 3.8) is 0 Å². The van der Waals surface area contributed by atoms with E-state index < -0.39 is 0 Å². The lowest BCUT2D eigenvalue weighted by Gasteiger charge is -2.30. The minimum atomic E-state index is -0.0808. The number of benzene rings is 2. The zero-order valence-electron chi connectivity index (χ0n) is 14.5. The van der Waals surface area contributed by atoms with E-state index in [2.05, 4.69) is 44.7 Å². The molecule has 0 saturated heterocycles. The van der Waals surface area contributed by atoms with Gasteiger partial charge in [-0.2, -0.15) is 0 Å². The molecule has 7 heteroatoms. The predicted octanol–water partition coefficient (Wildman–Crippen LogP) is 3.13. The summed E-state index contributed by atoms with van der Waals surface area (Å²) in [6, 6.07) is 16.3. The van der Waals surface area contributed by atoms with Gasteiger partial charge in [-0.15, -0.1) is 5.10 Å². The molecule has 1 aromatic heterocycles. The summed E-state index contributed by atoms with van der Waals surface area (Å²) in [7, 11) is 1.68. The largest absolute Gasteiger partial charge is 0.383 e. The molecule has 0 fully saturated rings. The van der Waals surface area contributed by atoms with Crippen LogP contribution in [0.1, 0.15) is 23.0 Å². The summed E-state index contributed by atoms with van der Waals surface area (Å²) in [5, 5.41) is 13.2. The fourth-order valence-corrected chi connectivity index (χ4v) is 3.62. The number of hydrogen-bond acceptors (Lipinski definition) is 5. The second-order valence-corrected chi connectivity index (χ2v) is 6.72. The van der Waals surface area contributed by atoms with Crippen molar-refractivity contribution in [1.29, 1.82) is 0 Å². The van der Waals surface area contributed by atoms with Gasteiger partial charge in [-0.3, -0.25) is 0 Å². The molecule has 0 amide bonds. The number of aromatic nitrogens is 4. The maximum Gasteiger partial charge on any atom is 0.178 e. The third-order valence-electron chi connectivity index (χ3n) is 4.73. The topological polar surface area (TPSA) is 56.1 Å². The van der Waals surface area contributed by atoms with Gasteiger partial charge < -0.3 is 9.64 Å². The fraction of sp³-hybridized carbons (Fsp3) is 0.316. The Labute approximate surface area is 157 Å². The number of anilines is 1. The summed E-state index contributed by atoms with van der Waals surface area (Å²) in [5.74, 6) is 0.807. The minimum absolute atomic E-state index is 0.0808. The van der Waals surface area contributed by atoms with E-state index in [0.29, 0.717) is 18.2 Å². The zero-order chi connectivity index (χ0) is 17.9. The highest BCUT2D eigenvalue weighted by Crippen LogP contribution is 2.38. The zero-order valence-corrected chi connectivity index (χ0v) is 15.3. The van der Waals surface area contributed by atoms with Gasteiger partial charge in [0.2, 0.25) is 0 Å². The van der Waals surface area contributed by atoms with Crippen molar-refractivity contribution < 1.29 is 4.74 Å². The Bertz CT molecular complexity index is 880. The van der Waals surface area contributed by atoms with Crippen LogP contribution in [0.5, 0.6) is 0 Å². The third kappa shape index (κ3) is 3.18. The number of hydrogen-bond donors (Lipinski definition) is 0. The van der Waals surface area contributed by atoms with Crippen LogP contribution >= 0.6 is 11.6 Å². The van der Waals surface area contributed by atoms with Gasteiger partial charge in [-0.05, 0) is 46.2 Å². The number of nitrogens with zero attached hydrogens (tertiary/aromatic N) is 5. The molecular formula is C19H20ClN5O. The number of fused-ring (bicyclic) bond motifs is 1. The van der Waals surface area contributed by atoms with E-state index in [9.17, 15) is 0 Å². The van der Waals surface area contributed by atoms with Crippen LogP contribution in [0.3, 0.4) is 0 Å². The van der Waals surface area contributed by atoms with Crippen molar-refractivity contribution in [1.82, 2.24) is 20.2 Å². The minimum Gasteiger partial charge on any atom is -0.383 e. The highest BCUT2D eigenvalue weighted by molar-refractivity contribution is 6.30. The SMILES string of the molecule is COCCn1nnnc1[C@@H](c1ccc(Cl)cc1)N1CCc2ccccc21. The van der Waals surface area contributed by atoms with Crippen molar-refractivity contribution in [2.75, 3.05) is 25.2 Å². The molecule has 3 aromatic rings. The first kappa shape index (κ1) is 17.0. The number of para-hydroxylation sites is 1. The van der Waals surface area contributed by atoms with E-state index in [0.717, 1.165) is 24.4 Å². The molecule has 0 saturated carbocycles. The average molecular weight is 370 g/mol. The van der Waals surface area contributed by atoms with Crippen LogP contribution in [0.4, 0.5) is 5.69 Å². The van der Waals surface area contributed by atoms with Crippen molar-refractivity contribution in [2.45, 2.75) is 19.0 Å². The molecule has 2 heterocycles. The van der Waals surface area contributed by atoms with Gasteiger partial charge >= 0.3 is 0 Å². The van der Waals surface area contributed by atoms with Gasteiger partial charge in [0.05, 0.1) is 13.2 Å². The predicted molar refractivity (Wildman–Crippen MR) is 100 cm³/mol. The molecule has 0 spiro atoms. The molecule has 1 aliphatic rings. The number of ether oxygens (including phenoxy) is 1. The summed E-state index contributed by atoms with van der Waals surface area (Å²) in [6.07, 6.45) is 1.01. The van der Waals surface area contributed by atoms with Gasteiger partial charge in [0.1, 0.15) is 6.04 Å². The quantitative estimate of drug-likeness (QED) is 0.668. The van der Waals surface area contributed by atoms with E-state index in [-0.39, 0.29) is 6.04 Å². The molecule has 1 aliphatic heterocycles. The molecule has 0 radical (unpaired) electrons. The molecule has 1 atom stereocenters. The molecule has 4 rings (SSSR count). The summed E-state index contributed by atoms with van der Waals surface area (Å²) < 4.78 is 7.03. The third-order valence-corrected chi connectivity index (χ3v) is 4.98. The monoisotopic (exact) mass is 369 g/mol. The van der Waals surface area contributed by atoms with E-state index in [1.807, 2.05) is 28.9 Å². The van der Waals surface area contributed by atoms with Crippen LogP contribution < -0.4 is 4.90 Å². The van der Waals surface area contributed by atoms with Gasteiger partial charge in [0.15, 0.2) is 5.82 Å². The number of halogens is 1. The Balaban J connectivity index is 1.79. The smallest absolute Gasteiger partial charge is 0.178 e. The molecule has 2 aromatic carbocycles. The second-order valence-electron chi connectivity index (χ2n) is 6.28. The Hall–Kier alpha value is -2.44. The Kier molecular flexibility index (Phi) is 4.86. The van der Waals surface area contributed by atoms with Crippen molar-refractivity contribution >= 4 is 17.3 Å². The summed E-state index contributed by atoms with van der Waals surface area (Å²) in [5.41, 5.74) is 3.69. The van der Waals surface area contributed by atoms with Crippen LogP contribution in [0.15, 0.2) is 48.5 Å². The lowest BCUT2D eigenvalue weighted by molar-refractivity contribution is 0.181. The van der Waals surface area contributed by atoms with E-state index in [1.165, 1.54) is 11.3 Å². The normalized spacial score (nSPS) is 14.5. The molecular weight excluding hydrogens is 350 g/mol. The lowest BCUT2D eigenvalue weighted by Crippen LogP contribution is -2.30. The van der Waals surface area contributed by atoms with E-state index in [1.54, 1.807) is 7.11 Å². The molecule has 6 nitrogen and oxygen atoms in total. The first-order valence-electron chi connectivity index (χ1n) is 8.63. The first-order chi connectivity index (χ1) is 12.8. The summed E-state index contributed by atoms with van der Waals surface area (Å²) in [4.78, 5) is 2.37. The number of rotatable bonds is 6. The van der Waals surface area contributed by atoms with Gasteiger partial charge in [-0.25, -0.2) is 4.68 Å². The molecule has 0 aliphatic carbocycles. The highest BCUT2D eigenvalue weighted by atomic mass is 35.5. The molecule has 0 bridgehead atoms. The Morgan fingerprint density at radius 3 is 2.77 bits per heavy atom. The van der Waals surface area contributed by atoms with E-state index >= 15 is 0 Å². The van der Waals surface area contributed by atoms with Gasteiger partial charge in [0.25, 0.3) is 0 Å². The lowest BCUT2D eigenvalue weighted by atomic mass is 10.0. The standard InChI is InChI=1S/C19H20ClN5O/c1-26-13-12-25-19(21-22-23-25)18(15-6-8-16(20)9-7-15)24-11-10-14-4-2-3-5-17(14)24/h2-9,18H,10-13H2,1H3/t18-/m1/s1. The number of methoxy groups -OCH3 is 1. The molecule has 26 heavy (non-hydrogen) atoms. The second kappa shape index (κ2) is 7.43. The fourth-order valence-electron chi connectivity index (χ4n) is 3.49. The Morgan fingerprint density at radius 1 is 1.15 bits per heavy atom. The average Bonchev–Trinajstić information content (AvgIpc) is 3.30. The number of tetrazole rings is 1. The maximum atomic E-state index is 6.11. The maximum absolute atomic E-state index is 6.11. The van der Waals surface area contributed by atoms with Crippen LogP contribution in [-0.2, 0) is 17.7 Å². The summed E-state index contributed by atoms with van der Waals surface area (Å²) in [6.45, 7) is 2.09. The van der Waals surface area contributed by atoms with Crippen molar-refractivity contribution in [3.8, 4) is 0 Å². The molecule has 134 valence electrons. The van der Waals surface area contributed by atoms with Crippen LogP contribution in [-0.4, -0.2) is 40.5 Å². The van der Waals surface area contributed by atoms with Crippen LogP contribution in [0.2, 0.25) is 5.02 Å². The van der Waals surface area contributed by atoms with Crippen LogP contribution in [0.25, 0.3) is 0 Å². The van der Waals surface area contributed by atoms with Gasteiger partial charge in [-0.1, -0.05) is 41.9 Å². The highest BCUT2D eigenvalue weighted by Gasteiger charge is 2.32. The Morgan fingerprint density at radius 2 is 1.96 bits per heavy atom. The molecule has 0 N–H and O–H groups in total.